The molecule has 0 fully saturated rings. The second-order valence-corrected chi connectivity index (χ2v) is 11.1. The predicted molar refractivity (Wildman–Crippen MR) is 71.1 cm³/mol. The van der Waals surface area contributed by atoms with Crippen molar-refractivity contribution in [2.24, 2.45) is 0 Å². The fourth-order valence-corrected chi connectivity index (χ4v) is 3.18. The molecule has 0 bridgehead atoms. The van der Waals surface area contributed by atoms with Crippen molar-refractivity contribution in [3.05, 3.63) is 11.1 Å². The molecule has 16 heavy (non-hydrogen) atoms. The van der Waals surface area contributed by atoms with Crippen LogP contribution in [0.15, 0.2) is 11.1 Å². The molecule has 94 valence electrons. The third-order valence-electron chi connectivity index (χ3n) is 4.13. The van der Waals surface area contributed by atoms with E-state index in [0.717, 1.165) is 18.4 Å². The van der Waals surface area contributed by atoms with Crippen molar-refractivity contribution in [1.82, 2.24) is 0 Å². The van der Waals surface area contributed by atoms with Crippen LogP contribution in [0.2, 0.25) is 18.1 Å². The predicted octanol–water partition coefficient (Wildman–Crippen LogP) is 3.48. The van der Waals surface area contributed by atoms with E-state index in [2.05, 4.69) is 40.8 Å². The largest absolute Gasteiger partial charge is 0.410 e. The molecule has 0 aromatic heterocycles. The number of allylic oxidation sites excluding steroid dienone is 1. The second-order valence-electron chi connectivity index (χ2n) is 6.37. The van der Waals surface area contributed by atoms with Crippen LogP contribution in [-0.4, -0.2) is 26.1 Å². The molecule has 1 unspecified atom stereocenters. The van der Waals surface area contributed by atoms with Crippen LogP contribution in [0.5, 0.6) is 0 Å². The highest BCUT2D eigenvalue weighted by Gasteiger charge is 2.40. The van der Waals surface area contributed by atoms with E-state index < -0.39 is 8.32 Å². The number of rotatable bonds is 3. The van der Waals surface area contributed by atoms with Gasteiger partial charge in [-0.25, -0.2) is 0 Å². The van der Waals surface area contributed by atoms with Gasteiger partial charge in [-0.05, 0) is 43.5 Å². The van der Waals surface area contributed by atoms with Gasteiger partial charge in [-0.1, -0.05) is 26.3 Å². The van der Waals surface area contributed by atoms with Gasteiger partial charge in [-0.3, -0.25) is 0 Å². The maximum Gasteiger partial charge on any atom is 0.192 e. The summed E-state index contributed by atoms with van der Waals surface area (Å²) in [7, 11) is -1.70. The Morgan fingerprint density at radius 3 is 2.38 bits per heavy atom. The van der Waals surface area contributed by atoms with E-state index in [1.165, 1.54) is 5.57 Å². The molecule has 0 saturated carbocycles. The normalized spacial score (nSPS) is 23.1. The van der Waals surface area contributed by atoms with E-state index in [4.69, 9.17) is 4.43 Å². The van der Waals surface area contributed by atoms with Gasteiger partial charge >= 0.3 is 0 Å². The second kappa shape index (κ2) is 4.63. The summed E-state index contributed by atoms with van der Waals surface area (Å²) in [5.74, 6) is 0. The molecule has 1 rings (SSSR count). The van der Waals surface area contributed by atoms with E-state index in [0.29, 0.717) is 0 Å². The highest BCUT2D eigenvalue weighted by molar-refractivity contribution is 6.74. The Kier molecular flexibility index (Phi) is 4.03. The first-order chi connectivity index (χ1) is 7.19. The van der Waals surface area contributed by atoms with Crippen LogP contribution < -0.4 is 0 Å². The van der Waals surface area contributed by atoms with Gasteiger partial charge in [0, 0.05) is 0 Å². The number of aliphatic hydroxyl groups excluding tert-OH is 1. The lowest BCUT2D eigenvalue weighted by atomic mass is 10.2. The molecule has 1 aliphatic rings. The minimum absolute atomic E-state index is 0.158. The molecule has 0 spiro atoms. The van der Waals surface area contributed by atoms with Gasteiger partial charge in [0.15, 0.2) is 8.32 Å². The molecule has 1 aliphatic carbocycles. The Morgan fingerprint density at radius 1 is 1.38 bits per heavy atom. The molecule has 0 radical (unpaired) electrons. The maximum atomic E-state index is 9.38. The van der Waals surface area contributed by atoms with Gasteiger partial charge in [-0.15, -0.1) is 0 Å². The first-order valence-electron chi connectivity index (χ1n) is 6.16. The van der Waals surface area contributed by atoms with E-state index in [1.807, 2.05) is 0 Å². The highest BCUT2D eigenvalue weighted by Crippen LogP contribution is 2.40. The van der Waals surface area contributed by atoms with Crippen LogP contribution in [0, 0.1) is 0 Å². The zero-order valence-corrected chi connectivity index (χ0v) is 12.6. The zero-order chi connectivity index (χ0) is 12.6. The van der Waals surface area contributed by atoms with Crippen LogP contribution in [0.4, 0.5) is 0 Å². The lowest BCUT2D eigenvalue weighted by Gasteiger charge is -2.39. The van der Waals surface area contributed by atoms with Gasteiger partial charge in [0.05, 0.1) is 12.7 Å². The highest BCUT2D eigenvalue weighted by atomic mass is 28.4. The lowest BCUT2D eigenvalue weighted by Crippen LogP contribution is -2.44. The minimum Gasteiger partial charge on any atom is -0.410 e. The lowest BCUT2D eigenvalue weighted by molar-refractivity contribution is 0.194. The first-order valence-corrected chi connectivity index (χ1v) is 9.07. The van der Waals surface area contributed by atoms with Gasteiger partial charge in [0.25, 0.3) is 0 Å². The van der Waals surface area contributed by atoms with Gasteiger partial charge in [-0.2, -0.15) is 0 Å². The molecule has 1 atom stereocenters. The monoisotopic (exact) mass is 242 g/mol. The maximum absolute atomic E-state index is 9.38. The summed E-state index contributed by atoms with van der Waals surface area (Å²) in [6.45, 7) is 13.6. The standard InChI is InChI=1S/C13H26O2Si/c1-10-7-8-12(11(10)9-14)15-16(5,6)13(2,3)4/h12,14H,7-9H2,1-6H3. The van der Waals surface area contributed by atoms with Crippen molar-refractivity contribution in [3.63, 3.8) is 0 Å². The third kappa shape index (κ3) is 2.76. The third-order valence-corrected chi connectivity index (χ3v) is 8.62. The summed E-state index contributed by atoms with van der Waals surface area (Å²) in [6, 6.07) is 0. The Labute approximate surface area is 101 Å². The molecule has 1 N–H and O–H groups in total. The Morgan fingerprint density at radius 2 is 1.94 bits per heavy atom. The summed E-state index contributed by atoms with van der Waals surface area (Å²) >= 11 is 0. The van der Waals surface area contributed by atoms with Crippen molar-refractivity contribution < 1.29 is 9.53 Å². The Hall–Kier alpha value is -0.123. The summed E-state index contributed by atoms with van der Waals surface area (Å²) in [4.78, 5) is 0. The first kappa shape index (κ1) is 13.9. The SMILES string of the molecule is CC1=C(CO)C(O[Si](C)(C)C(C)(C)C)CC1. The number of hydrogen-bond acceptors (Lipinski definition) is 2. The van der Waals surface area contributed by atoms with Crippen molar-refractivity contribution in [3.8, 4) is 0 Å². The molecule has 0 aliphatic heterocycles. The van der Waals surface area contributed by atoms with Gasteiger partial charge in [0.1, 0.15) is 0 Å². The topological polar surface area (TPSA) is 29.5 Å². The fraction of sp³-hybridized carbons (Fsp3) is 0.846. The van der Waals surface area contributed by atoms with E-state index in [9.17, 15) is 5.11 Å². The molecule has 0 saturated heterocycles. The van der Waals surface area contributed by atoms with Crippen LogP contribution in [-0.2, 0) is 4.43 Å². The number of aliphatic hydroxyl groups is 1. The molecule has 0 heterocycles. The zero-order valence-electron chi connectivity index (χ0n) is 11.6. The quantitative estimate of drug-likeness (QED) is 0.606. The summed E-state index contributed by atoms with van der Waals surface area (Å²) < 4.78 is 6.36. The fourth-order valence-electron chi connectivity index (χ4n) is 1.86. The van der Waals surface area contributed by atoms with Crippen molar-refractivity contribution >= 4 is 8.32 Å². The molecule has 0 aromatic carbocycles. The summed E-state index contributed by atoms with van der Waals surface area (Å²) in [5.41, 5.74) is 2.45. The van der Waals surface area contributed by atoms with Crippen LogP contribution in [0.3, 0.4) is 0 Å². The summed E-state index contributed by atoms with van der Waals surface area (Å²) in [5, 5.41) is 9.62. The van der Waals surface area contributed by atoms with Crippen molar-refractivity contribution in [2.45, 2.75) is 64.8 Å². The smallest absolute Gasteiger partial charge is 0.192 e. The molecular weight excluding hydrogens is 216 g/mol. The van der Waals surface area contributed by atoms with Gasteiger partial charge < -0.3 is 9.53 Å². The molecular formula is C13H26O2Si. The summed E-state index contributed by atoms with van der Waals surface area (Å²) in [6.07, 6.45) is 2.30. The number of hydrogen-bond donors (Lipinski definition) is 1. The molecule has 2 nitrogen and oxygen atoms in total. The van der Waals surface area contributed by atoms with Gasteiger partial charge in [0.2, 0.25) is 0 Å². The Balaban J connectivity index is 2.77. The Bertz CT molecular complexity index is 287. The van der Waals surface area contributed by atoms with E-state index in [1.54, 1.807) is 0 Å². The molecule has 0 aromatic rings. The van der Waals surface area contributed by atoms with Crippen LogP contribution in [0.25, 0.3) is 0 Å². The average Bonchev–Trinajstić information content (AvgIpc) is 2.44. The molecule has 3 heteroatoms. The van der Waals surface area contributed by atoms with Crippen LogP contribution >= 0.6 is 0 Å². The van der Waals surface area contributed by atoms with Crippen molar-refractivity contribution in [2.75, 3.05) is 6.61 Å². The van der Waals surface area contributed by atoms with E-state index >= 15 is 0 Å². The molecule has 0 amide bonds. The minimum atomic E-state index is -1.70. The van der Waals surface area contributed by atoms with E-state index in [-0.39, 0.29) is 17.7 Å². The average molecular weight is 242 g/mol. The van der Waals surface area contributed by atoms with Crippen molar-refractivity contribution in [1.29, 1.82) is 0 Å². The van der Waals surface area contributed by atoms with Crippen LogP contribution in [0.1, 0.15) is 40.5 Å².